The fourth-order valence-corrected chi connectivity index (χ4v) is 3.30. The summed E-state index contributed by atoms with van der Waals surface area (Å²) in [5.41, 5.74) is 0. The zero-order valence-corrected chi connectivity index (χ0v) is 10.7. The summed E-state index contributed by atoms with van der Waals surface area (Å²) in [6.45, 7) is 6.95. The van der Waals surface area contributed by atoms with Crippen LogP contribution in [0, 0.1) is 5.92 Å². The Morgan fingerprint density at radius 1 is 1.31 bits per heavy atom. The lowest BCUT2D eigenvalue weighted by Crippen LogP contribution is -2.60. The highest BCUT2D eigenvalue weighted by Gasteiger charge is 2.32. The monoisotopic (exact) mass is 226 g/mol. The molecule has 94 valence electrons. The minimum atomic E-state index is 0.296. The molecule has 4 atom stereocenters. The third-order valence-electron chi connectivity index (χ3n) is 4.24. The molecular weight excluding hydrogens is 200 g/mol. The molecule has 0 spiro atoms. The Labute approximate surface area is 99.2 Å². The van der Waals surface area contributed by atoms with Gasteiger partial charge in [-0.15, -0.1) is 0 Å². The predicted octanol–water partition coefficient (Wildman–Crippen LogP) is 1.22. The van der Waals surface area contributed by atoms with Crippen molar-refractivity contribution in [2.45, 2.75) is 57.7 Å². The van der Waals surface area contributed by atoms with E-state index in [2.05, 4.69) is 24.1 Å². The Bertz CT molecular complexity index is 222. The lowest BCUT2D eigenvalue weighted by Gasteiger charge is -2.45. The average Bonchev–Trinajstić information content (AvgIpc) is 2.29. The number of hydrogen-bond acceptors (Lipinski definition) is 3. The molecule has 2 aliphatic rings. The van der Waals surface area contributed by atoms with Crippen LogP contribution in [0.4, 0.5) is 0 Å². The largest absolute Gasteiger partial charge is 0.395 e. The molecule has 0 amide bonds. The van der Waals surface area contributed by atoms with Crippen molar-refractivity contribution in [3.05, 3.63) is 0 Å². The van der Waals surface area contributed by atoms with Gasteiger partial charge < -0.3 is 10.4 Å². The van der Waals surface area contributed by atoms with Crippen LogP contribution in [0.5, 0.6) is 0 Å². The molecule has 0 bridgehead atoms. The Morgan fingerprint density at radius 3 is 2.81 bits per heavy atom. The Balaban J connectivity index is 1.98. The van der Waals surface area contributed by atoms with E-state index in [0.717, 1.165) is 19.0 Å². The van der Waals surface area contributed by atoms with Crippen molar-refractivity contribution >= 4 is 0 Å². The van der Waals surface area contributed by atoms with Gasteiger partial charge in [0.25, 0.3) is 0 Å². The molecular formula is C13H26N2O. The third kappa shape index (κ3) is 2.76. The minimum absolute atomic E-state index is 0.296. The van der Waals surface area contributed by atoms with E-state index < -0.39 is 0 Å². The quantitative estimate of drug-likeness (QED) is 0.743. The van der Waals surface area contributed by atoms with Crippen molar-refractivity contribution in [1.82, 2.24) is 10.2 Å². The second-order valence-electron chi connectivity index (χ2n) is 5.77. The van der Waals surface area contributed by atoms with Gasteiger partial charge in [-0.3, -0.25) is 4.90 Å². The highest BCUT2D eigenvalue weighted by molar-refractivity contribution is 4.90. The van der Waals surface area contributed by atoms with Gasteiger partial charge in [0.05, 0.1) is 6.61 Å². The van der Waals surface area contributed by atoms with Crippen LogP contribution in [0.3, 0.4) is 0 Å². The molecule has 1 saturated heterocycles. The van der Waals surface area contributed by atoms with Crippen molar-refractivity contribution in [2.24, 2.45) is 5.92 Å². The van der Waals surface area contributed by atoms with E-state index in [1.807, 2.05) is 0 Å². The van der Waals surface area contributed by atoms with Gasteiger partial charge in [0.15, 0.2) is 0 Å². The summed E-state index contributed by atoms with van der Waals surface area (Å²) in [6, 6.07) is 1.62. The summed E-state index contributed by atoms with van der Waals surface area (Å²) in [7, 11) is 0. The first kappa shape index (κ1) is 12.3. The van der Waals surface area contributed by atoms with E-state index in [4.69, 9.17) is 0 Å². The standard InChI is InChI=1S/C13H26N2O/c1-10-4-3-5-12(6-10)15-8-11(2)14-7-13(15)9-16/h10-14,16H,3-9H2,1-2H3. The van der Waals surface area contributed by atoms with Crippen molar-refractivity contribution in [2.75, 3.05) is 19.7 Å². The Morgan fingerprint density at radius 2 is 2.12 bits per heavy atom. The summed E-state index contributed by atoms with van der Waals surface area (Å²) in [5.74, 6) is 0.864. The van der Waals surface area contributed by atoms with Gasteiger partial charge in [0, 0.05) is 31.2 Å². The summed E-state index contributed by atoms with van der Waals surface area (Å²) in [6.07, 6.45) is 5.40. The summed E-state index contributed by atoms with van der Waals surface area (Å²) in [4.78, 5) is 2.57. The highest BCUT2D eigenvalue weighted by atomic mass is 16.3. The molecule has 2 fully saturated rings. The number of hydrogen-bond donors (Lipinski definition) is 2. The first-order chi connectivity index (χ1) is 7.70. The highest BCUT2D eigenvalue weighted by Crippen LogP contribution is 2.29. The van der Waals surface area contributed by atoms with Crippen LogP contribution in [-0.4, -0.2) is 47.8 Å². The van der Waals surface area contributed by atoms with E-state index in [9.17, 15) is 5.11 Å². The predicted molar refractivity (Wildman–Crippen MR) is 66.5 cm³/mol. The second kappa shape index (κ2) is 5.48. The second-order valence-corrected chi connectivity index (χ2v) is 5.77. The normalized spacial score (nSPS) is 42.2. The van der Waals surface area contributed by atoms with Crippen LogP contribution in [-0.2, 0) is 0 Å². The van der Waals surface area contributed by atoms with Gasteiger partial charge in [0.1, 0.15) is 0 Å². The number of nitrogens with one attached hydrogen (secondary N) is 1. The summed E-state index contributed by atoms with van der Waals surface area (Å²) >= 11 is 0. The fraction of sp³-hybridized carbons (Fsp3) is 1.00. The number of aliphatic hydroxyl groups excluding tert-OH is 1. The fourth-order valence-electron chi connectivity index (χ4n) is 3.30. The van der Waals surface area contributed by atoms with Crippen molar-refractivity contribution in [1.29, 1.82) is 0 Å². The van der Waals surface area contributed by atoms with E-state index in [-0.39, 0.29) is 0 Å². The van der Waals surface area contributed by atoms with Crippen LogP contribution in [0.25, 0.3) is 0 Å². The van der Waals surface area contributed by atoms with E-state index in [0.29, 0.717) is 24.7 Å². The SMILES string of the molecule is CC1CCCC(N2CC(C)NCC2CO)C1. The molecule has 16 heavy (non-hydrogen) atoms. The van der Waals surface area contributed by atoms with E-state index >= 15 is 0 Å². The maximum atomic E-state index is 9.46. The van der Waals surface area contributed by atoms with E-state index in [1.54, 1.807) is 0 Å². The van der Waals surface area contributed by atoms with Crippen LogP contribution < -0.4 is 5.32 Å². The lowest BCUT2D eigenvalue weighted by molar-refractivity contribution is 0.0259. The van der Waals surface area contributed by atoms with Crippen molar-refractivity contribution in [3.8, 4) is 0 Å². The van der Waals surface area contributed by atoms with Gasteiger partial charge in [-0.1, -0.05) is 19.8 Å². The summed E-state index contributed by atoms with van der Waals surface area (Å²) < 4.78 is 0. The third-order valence-corrected chi connectivity index (χ3v) is 4.24. The molecule has 0 aromatic carbocycles. The van der Waals surface area contributed by atoms with Gasteiger partial charge in [-0.2, -0.15) is 0 Å². The van der Waals surface area contributed by atoms with Crippen LogP contribution in [0.2, 0.25) is 0 Å². The van der Waals surface area contributed by atoms with Crippen LogP contribution >= 0.6 is 0 Å². The molecule has 1 heterocycles. The molecule has 2 rings (SSSR count). The maximum Gasteiger partial charge on any atom is 0.0599 e. The molecule has 2 N–H and O–H groups in total. The summed E-state index contributed by atoms with van der Waals surface area (Å²) in [5, 5.41) is 12.9. The maximum absolute atomic E-state index is 9.46. The molecule has 4 unspecified atom stereocenters. The lowest BCUT2D eigenvalue weighted by atomic mass is 9.85. The first-order valence-corrected chi connectivity index (χ1v) is 6.80. The van der Waals surface area contributed by atoms with Crippen molar-refractivity contribution in [3.63, 3.8) is 0 Å². The zero-order chi connectivity index (χ0) is 11.5. The molecule has 3 heteroatoms. The molecule has 1 aliphatic carbocycles. The number of piperazine rings is 1. The molecule has 0 radical (unpaired) electrons. The topological polar surface area (TPSA) is 35.5 Å². The van der Waals surface area contributed by atoms with Gasteiger partial charge in [0.2, 0.25) is 0 Å². The number of nitrogens with zero attached hydrogens (tertiary/aromatic N) is 1. The molecule has 1 saturated carbocycles. The number of rotatable bonds is 2. The molecule has 0 aromatic heterocycles. The minimum Gasteiger partial charge on any atom is -0.395 e. The zero-order valence-electron chi connectivity index (χ0n) is 10.7. The Kier molecular flexibility index (Phi) is 4.22. The van der Waals surface area contributed by atoms with E-state index in [1.165, 1.54) is 25.7 Å². The van der Waals surface area contributed by atoms with Crippen LogP contribution in [0.15, 0.2) is 0 Å². The average molecular weight is 226 g/mol. The van der Waals surface area contributed by atoms with Crippen LogP contribution in [0.1, 0.15) is 39.5 Å². The smallest absolute Gasteiger partial charge is 0.0599 e. The molecule has 0 aromatic rings. The first-order valence-electron chi connectivity index (χ1n) is 6.80. The Hall–Kier alpha value is -0.120. The molecule has 1 aliphatic heterocycles. The van der Waals surface area contributed by atoms with Crippen molar-refractivity contribution < 1.29 is 5.11 Å². The van der Waals surface area contributed by atoms with Gasteiger partial charge >= 0.3 is 0 Å². The van der Waals surface area contributed by atoms with Gasteiger partial charge in [-0.25, -0.2) is 0 Å². The molecule has 3 nitrogen and oxygen atoms in total. The van der Waals surface area contributed by atoms with Gasteiger partial charge in [-0.05, 0) is 25.7 Å². The number of aliphatic hydroxyl groups is 1.